The molecule has 0 N–H and O–H groups in total. The standard InChI is InChI=1S/C17H20N8/c1-11(12-8-24-10-20-19-7-15(24)21-12)5-14-18-6-16-22-13(17(2,3)4)9-25(16)23-14/h6-11H,5H2,1-4H3. The molecule has 0 bridgehead atoms. The van der Waals surface area contributed by atoms with Crippen molar-refractivity contribution in [1.82, 2.24) is 39.2 Å². The molecule has 25 heavy (non-hydrogen) atoms. The van der Waals surface area contributed by atoms with Crippen LogP contribution in [-0.2, 0) is 11.8 Å². The average Bonchev–Trinajstić information content (AvgIpc) is 3.18. The zero-order chi connectivity index (χ0) is 17.6. The van der Waals surface area contributed by atoms with E-state index in [4.69, 9.17) is 0 Å². The lowest BCUT2D eigenvalue weighted by atomic mass is 9.93. The highest BCUT2D eigenvalue weighted by Crippen LogP contribution is 2.22. The average molecular weight is 336 g/mol. The molecule has 128 valence electrons. The third-order valence-electron chi connectivity index (χ3n) is 4.22. The van der Waals surface area contributed by atoms with Gasteiger partial charge in [0, 0.05) is 24.0 Å². The molecule has 8 nitrogen and oxygen atoms in total. The molecule has 8 heteroatoms. The molecule has 0 saturated heterocycles. The minimum Gasteiger partial charge on any atom is -0.287 e. The molecule has 4 aromatic rings. The summed E-state index contributed by atoms with van der Waals surface area (Å²) in [4.78, 5) is 13.7. The summed E-state index contributed by atoms with van der Waals surface area (Å²) in [5.74, 6) is 0.953. The van der Waals surface area contributed by atoms with E-state index in [1.54, 1.807) is 18.7 Å². The van der Waals surface area contributed by atoms with E-state index in [2.05, 4.69) is 57.9 Å². The van der Waals surface area contributed by atoms with Gasteiger partial charge in [-0.1, -0.05) is 27.7 Å². The van der Waals surface area contributed by atoms with Crippen molar-refractivity contribution in [2.75, 3.05) is 0 Å². The van der Waals surface area contributed by atoms with E-state index in [1.807, 2.05) is 21.3 Å². The topological polar surface area (TPSA) is 86.2 Å². The highest BCUT2D eigenvalue weighted by molar-refractivity contribution is 5.38. The van der Waals surface area contributed by atoms with Crippen molar-refractivity contribution in [3.8, 4) is 0 Å². The Kier molecular flexibility index (Phi) is 3.48. The Morgan fingerprint density at radius 3 is 2.64 bits per heavy atom. The molecule has 4 aromatic heterocycles. The van der Waals surface area contributed by atoms with E-state index in [1.165, 1.54) is 0 Å². The van der Waals surface area contributed by atoms with Crippen LogP contribution in [0.2, 0.25) is 0 Å². The van der Waals surface area contributed by atoms with Gasteiger partial charge in [-0.05, 0) is 0 Å². The highest BCUT2D eigenvalue weighted by atomic mass is 15.3. The smallest absolute Gasteiger partial charge is 0.172 e. The summed E-state index contributed by atoms with van der Waals surface area (Å²) < 4.78 is 3.68. The SMILES string of the molecule is CC(Cc1ncc2nc(C(C)(C)C)cn2n1)c1cn2cnncc2n1. The third kappa shape index (κ3) is 2.95. The number of nitrogens with zero attached hydrogens (tertiary/aromatic N) is 8. The summed E-state index contributed by atoms with van der Waals surface area (Å²) >= 11 is 0. The van der Waals surface area contributed by atoms with Gasteiger partial charge in [-0.15, -0.1) is 5.10 Å². The maximum Gasteiger partial charge on any atom is 0.172 e. The fourth-order valence-electron chi connectivity index (χ4n) is 2.69. The van der Waals surface area contributed by atoms with Crippen LogP contribution in [0.25, 0.3) is 11.3 Å². The van der Waals surface area contributed by atoms with Crippen molar-refractivity contribution in [2.45, 2.75) is 45.4 Å². The minimum atomic E-state index is -0.0141. The second-order valence-electron chi connectivity index (χ2n) is 7.37. The molecule has 0 radical (unpaired) electrons. The quantitative estimate of drug-likeness (QED) is 0.570. The fraction of sp³-hybridized carbons (Fsp3) is 0.412. The van der Waals surface area contributed by atoms with Crippen molar-refractivity contribution in [2.24, 2.45) is 0 Å². The Morgan fingerprint density at radius 2 is 1.88 bits per heavy atom. The molecule has 4 rings (SSSR count). The molecule has 0 amide bonds. The van der Waals surface area contributed by atoms with Crippen LogP contribution in [0.5, 0.6) is 0 Å². The fourth-order valence-corrected chi connectivity index (χ4v) is 2.69. The molecule has 1 unspecified atom stereocenters. The maximum absolute atomic E-state index is 4.61. The lowest BCUT2D eigenvalue weighted by Crippen LogP contribution is -2.11. The zero-order valence-electron chi connectivity index (χ0n) is 14.7. The number of imidazole rings is 2. The lowest BCUT2D eigenvalue weighted by molar-refractivity contribution is 0.572. The number of hydrogen-bond donors (Lipinski definition) is 0. The Morgan fingerprint density at radius 1 is 1.04 bits per heavy atom. The van der Waals surface area contributed by atoms with Crippen LogP contribution in [0.3, 0.4) is 0 Å². The second kappa shape index (κ2) is 5.58. The van der Waals surface area contributed by atoms with E-state index >= 15 is 0 Å². The van der Waals surface area contributed by atoms with Crippen LogP contribution in [0.4, 0.5) is 0 Å². The van der Waals surface area contributed by atoms with Crippen molar-refractivity contribution in [3.05, 3.63) is 48.3 Å². The Hall–Kier alpha value is -2.90. The van der Waals surface area contributed by atoms with Crippen LogP contribution in [0.1, 0.15) is 50.8 Å². The van der Waals surface area contributed by atoms with E-state index in [0.29, 0.717) is 6.42 Å². The van der Waals surface area contributed by atoms with Crippen molar-refractivity contribution in [1.29, 1.82) is 0 Å². The summed E-state index contributed by atoms with van der Waals surface area (Å²) in [5, 5.41) is 12.3. The van der Waals surface area contributed by atoms with E-state index in [0.717, 1.165) is 28.5 Å². The van der Waals surface area contributed by atoms with Gasteiger partial charge in [0.25, 0.3) is 0 Å². The Labute approximate surface area is 145 Å². The molecular weight excluding hydrogens is 316 g/mol. The molecule has 4 heterocycles. The minimum absolute atomic E-state index is 0.0141. The zero-order valence-corrected chi connectivity index (χ0v) is 14.7. The van der Waals surface area contributed by atoms with Crippen LogP contribution < -0.4 is 0 Å². The number of fused-ring (bicyclic) bond motifs is 2. The van der Waals surface area contributed by atoms with Gasteiger partial charge in [-0.25, -0.2) is 19.5 Å². The highest BCUT2D eigenvalue weighted by Gasteiger charge is 2.19. The molecular formula is C17H20N8. The molecule has 0 saturated carbocycles. The molecule has 0 spiro atoms. The van der Waals surface area contributed by atoms with Gasteiger partial charge in [-0.2, -0.15) is 10.2 Å². The van der Waals surface area contributed by atoms with Gasteiger partial charge in [0.05, 0.1) is 30.0 Å². The lowest BCUT2D eigenvalue weighted by Gasteiger charge is -2.13. The number of hydrogen-bond acceptors (Lipinski definition) is 6. The van der Waals surface area contributed by atoms with E-state index in [9.17, 15) is 0 Å². The first-order chi connectivity index (χ1) is 11.9. The number of aromatic nitrogens is 8. The van der Waals surface area contributed by atoms with Crippen molar-refractivity contribution >= 4 is 11.3 Å². The van der Waals surface area contributed by atoms with Gasteiger partial charge >= 0.3 is 0 Å². The van der Waals surface area contributed by atoms with Gasteiger partial charge in [0.1, 0.15) is 12.2 Å². The van der Waals surface area contributed by atoms with Crippen molar-refractivity contribution in [3.63, 3.8) is 0 Å². The molecule has 0 aliphatic heterocycles. The first-order valence-electron chi connectivity index (χ1n) is 8.27. The third-order valence-corrected chi connectivity index (χ3v) is 4.22. The summed E-state index contributed by atoms with van der Waals surface area (Å²) in [5.41, 5.74) is 3.52. The monoisotopic (exact) mass is 336 g/mol. The second-order valence-corrected chi connectivity index (χ2v) is 7.37. The first-order valence-corrected chi connectivity index (χ1v) is 8.27. The van der Waals surface area contributed by atoms with Crippen molar-refractivity contribution < 1.29 is 0 Å². The normalized spacial score (nSPS) is 13.6. The van der Waals surface area contributed by atoms with Crippen LogP contribution in [0, 0.1) is 0 Å². The van der Waals surface area contributed by atoms with Gasteiger partial charge in [0.15, 0.2) is 11.3 Å². The summed E-state index contributed by atoms with van der Waals surface area (Å²) in [7, 11) is 0. The molecule has 0 aliphatic carbocycles. The molecule has 0 fully saturated rings. The predicted octanol–water partition coefficient (Wildman–Crippen LogP) is 2.21. The van der Waals surface area contributed by atoms with E-state index < -0.39 is 0 Å². The number of rotatable bonds is 3. The molecule has 1 atom stereocenters. The van der Waals surface area contributed by atoms with Gasteiger partial charge in [-0.3, -0.25) is 4.40 Å². The molecule has 0 aromatic carbocycles. The largest absolute Gasteiger partial charge is 0.287 e. The summed E-state index contributed by atoms with van der Waals surface area (Å²) in [6.07, 6.45) is 9.74. The van der Waals surface area contributed by atoms with Crippen LogP contribution in [0.15, 0.2) is 31.1 Å². The summed E-state index contributed by atoms with van der Waals surface area (Å²) in [6, 6.07) is 0. The predicted molar refractivity (Wildman–Crippen MR) is 92.4 cm³/mol. The maximum atomic E-state index is 4.61. The van der Waals surface area contributed by atoms with Crippen LogP contribution in [-0.4, -0.2) is 39.2 Å². The summed E-state index contributed by atoms with van der Waals surface area (Å²) in [6.45, 7) is 8.53. The van der Waals surface area contributed by atoms with Crippen LogP contribution >= 0.6 is 0 Å². The van der Waals surface area contributed by atoms with Gasteiger partial charge < -0.3 is 0 Å². The Bertz CT molecular complexity index is 1010. The molecule has 0 aliphatic rings. The van der Waals surface area contributed by atoms with E-state index in [-0.39, 0.29) is 11.3 Å². The first kappa shape index (κ1) is 15.6. The Balaban J connectivity index is 1.61. The van der Waals surface area contributed by atoms with Gasteiger partial charge in [0.2, 0.25) is 0 Å².